The maximum absolute atomic E-state index is 13.2. The number of fused-ring (bicyclic) bond motifs is 1. The zero-order chi connectivity index (χ0) is 21.0. The van der Waals surface area contributed by atoms with Crippen molar-refractivity contribution in [3.63, 3.8) is 0 Å². The van der Waals surface area contributed by atoms with Crippen LogP contribution < -0.4 is 16.7 Å². The summed E-state index contributed by atoms with van der Waals surface area (Å²) in [4.78, 5) is 38.7. The van der Waals surface area contributed by atoms with Crippen molar-refractivity contribution in [1.29, 1.82) is 0 Å². The lowest BCUT2D eigenvalue weighted by molar-refractivity contribution is -0.138. The maximum atomic E-state index is 13.2. The standard InChI is InChI=1S/C20H21N5O4/c21-23-11-13-5-7-14(8-6-13)19(28)18-20(29)24(10-9-17(26)27)12-15-3-1-2-4-16(15)25(18)22/h1-8,11,18H,9-10,12,21-22H2,(H,26,27). The number of Topliss-reactive ketones (excluding diaryl/α,β-unsaturated/α-hetero) is 1. The molecule has 1 unspecified atom stereocenters. The number of carboxylic acids is 1. The minimum Gasteiger partial charge on any atom is -0.481 e. The topological polar surface area (TPSA) is 142 Å². The van der Waals surface area contributed by atoms with Crippen LogP contribution in [0.4, 0.5) is 5.69 Å². The summed E-state index contributed by atoms with van der Waals surface area (Å²) < 4.78 is 0. The molecule has 0 aromatic heterocycles. The molecule has 29 heavy (non-hydrogen) atoms. The second-order valence-corrected chi connectivity index (χ2v) is 6.61. The Bertz CT molecular complexity index is 958. The van der Waals surface area contributed by atoms with Gasteiger partial charge in [-0.2, -0.15) is 5.10 Å². The van der Waals surface area contributed by atoms with Crippen LogP contribution in [-0.2, 0) is 16.1 Å². The first kappa shape index (κ1) is 20.0. The predicted octanol–water partition coefficient (Wildman–Crippen LogP) is 0.728. The van der Waals surface area contributed by atoms with E-state index in [4.69, 9.17) is 16.8 Å². The van der Waals surface area contributed by atoms with Gasteiger partial charge in [0, 0.05) is 18.7 Å². The number of carbonyl (C=O) groups is 3. The molecule has 1 atom stereocenters. The van der Waals surface area contributed by atoms with E-state index in [1.165, 1.54) is 11.1 Å². The van der Waals surface area contributed by atoms with Gasteiger partial charge in [0.1, 0.15) is 0 Å². The van der Waals surface area contributed by atoms with Gasteiger partial charge in [0.2, 0.25) is 0 Å². The first-order valence-corrected chi connectivity index (χ1v) is 8.92. The predicted molar refractivity (Wildman–Crippen MR) is 107 cm³/mol. The molecule has 1 aliphatic rings. The summed E-state index contributed by atoms with van der Waals surface area (Å²) in [5, 5.41) is 13.6. The summed E-state index contributed by atoms with van der Waals surface area (Å²) in [6.45, 7) is 0.150. The highest BCUT2D eigenvalue weighted by atomic mass is 16.4. The molecular weight excluding hydrogens is 374 g/mol. The summed E-state index contributed by atoms with van der Waals surface area (Å²) in [5.74, 6) is 9.30. The molecule has 1 heterocycles. The van der Waals surface area contributed by atoms with Crippen molar-refractivity contribution >= 4 is 29.6 Å². The first-order valence-electron chi connectivity index (χ1n) is 8.92. The normalized spacial score (nSPS) is 16.6. The molecule has 0 saturated heterocycles. The van der Waals surface area contributed by atoms with E-state index in [-0.39, 0.29) is 19.5 Å². The number of hydrogen-bond donors (Lipinski definition) is 3. The fourth-order valence-electron chi connectivity index (χ4n) is 3.25. The van der Waals surface area contributed by atoms with Crippen LogP contribution in [0, 0.1) is 0 Å². The van der Waals surface area contributed by atoms with Gasteiger partial charge in [-0.1, -0.05) is 42.5 Å². The Morgan fingerprint density at radius 3 is 2.52 bits per heavy atom. The largest absolute Gasteiger partial charge is 0.481 e. The molecule has 0 saturated carbocycles. The number of anilines is 1. The number of para-hydroxylation sites is 1. The lowest BCUT2D eigenvalue weighted by atomic mass is 10.0. The van der Waals surface area contributed by atoms with E-state index in [9.17, 15) is 14.4 Å². The Labute approximate surface area is 167 Å². The fraction of sp³-hybridized carbons (Fsp3) is 0.200. The fourth-order valence-corrected chi connectivity index (χ4v) is 3.25. The summed E-state index contributed by atoms with van der Waals surface area (Å²) in [6, 6.07) is 12.2. The van der Waals surface area contributed by atoms with Crippen LogP contribution in [0.2, 0.25) is 0 Å². The molecule has 2 aromatic carbocycles. The number of carbonyl (C=O) groups excluding carboxylic acids is 2. The van der Waals surface area contributed by atoms with Crippen molar-refractivity contribution in [2.75, 3.05) is 11.6 Å². The van der Waals surface area contributed by atoms with E-state index in [2.05, 4.69) is 5.10 Å². The van der Waals surface area contributed by atoms with Crippen LogP contribution in [0.15, 0.2) is 53.6 Å². The van der Waals surface area contributed by atoms with Gasteiger partial charge < -0.3 is 15.8 Å². The van der Waals surface area contributed by atoms with Gasteiger partial charge in [0.25, 0.3) is 5.91 Å². The number of nitrogens with zero attached hydrogens (tertiary/aromatic N) is 3. The van der Waals surface area contributed by atoms with E-state index < -0.39 is 23.7 Å². The van der Waals surface area contributed by atoms with Crippen molar-refractivity contribution in [2.24, 2.45) is 16.8 Å². The average molecular weight is 395 g/mol. The third-order valence-corrected chi connectivity index (χ3v) is 4.72. The third kappa shape index (κ3) is 4.25. The zero-order valence-corrected chi connectivity index (χ0v) is 15.6. The molecule has 9 nitrogen and oxygen atoms in total. The maximum Gasteiger partial charge on any atom is 0.305 e. The third-order valence-electron chi connectivity index (χ3n) is 4.72. The monoisotopic (exact) mass is 395 g/mol. The molecule has 0 radical (unpaired) electrons. The summed E-state index contributed by atoms with van der Waals surface area (Å²) in [5.41, 5.74) is 2.28. The molecule has 5 N–H and O–H groups in total. The van der Waals surface area contributed by atoms with Gasteiger partial charge in [-0.05, 0) is 17.2 Å². The molecule has 2 aromatic rings. The van der Waals surface area contributed by atoms with E-state index >= 15 is 0 Å². The Morgan fingerprint density at radius 1 is 1.17 bits per heavy atom. The molecule has 150 valence electrons. The smallest absolute Gasteiger partial charge is 0.305 e. The Hall–Kier alpha value is -3.72. The van der Waals surface area contributed by atoms with Crippen molar-refractivity contribution in [3.8, 4) is 0 Å². The SMILES string of the molecule is NN=Cc1ccc(C(=O)C2C(=O)N(CCC(=O)O)Cc3ccccc3N2N)cc1. The number of hydrogen-bond acceptors (Lipinski definition) is 7. The number of carboxylic acid groups (broad SMARTS) is 1. The highest BCUT2D eigenvalue weighted by Gasteiger charge is 2.39. The molecule has 9 heteroatoms. The van der Waals surface area contributed by atoms with E-state index in [1.807, 2.05) is 0 Å². The molecular formula is C20H21N5O4. The average Bonchev–Trinajstić information content (AvgIpc) is 2.81. The molecule has 0 aliphatic carbocycles. The molecule has 1 aliphatic heterocycles. The van der Waals surface area contributed by atoms with E-state index in [0.717, 1.165) is 10.6 Å². The van der Waals surface area contributed by atoms with Crippen LogP contribution in [-0.4, -0.2) is 46.5 Å². The number of hydrazone groups is 1. The number of benzene rings is 2. The highest BCUT2D eigenvalue weighted by Crippen LogP contribution is 2.27. The van der Waals surface area contributed by atoms with E-state index in [0.29, 0.717) is 16.8 Å². The van der Waals surface area contributed by atoms with Crippen LogP contribution >= 0.6 is 0 Å². The van der Waals surface area contributed by atoms with Crippen molar-refractivity contribution in [1.82, 2.24) is 4.90 Å². The van der Waals surface area contributed by atoms with Gasteiger partial charge in [-0.3, -0.25) is 19.4 Å². The van der Waals surface area contributed by atoms with Crippen molar-refractivity contribution < 1.29 is 19.5 Å². The quantitative estimate of drug-likeness (QED) is 0.215. The lowest BCUT2D eigenvalue weighted by Gasteiger charge is -2.28. The van der Waals surface area contributed by atoms with Crippen LogP contribution in [0.3, 0.4) is 0 Å². The first-order chi connectivity index (χ1) is 13.9. The van der Waals surface area contributed by atoms with Gasteiger partial charge in [0.05, 0.1) is 18.3 Å². The minimum atomic E-state index is -1.30. The number of hydrazine groups is 1. The van der Waals surface area contributed by atoms with Gasteiger partial charge in [-0.25, -0.2) is 5.84 Å². The molecule has 0 fully saturated rings. The molecule has 0 spiro atoms. The number of nitrogens with two attached hydrogens (primary N) is 2. The Balaban J connectivity index is 1.98. The van der Waals surface area contributed by atoms with Crippen LogP contribution in [0.25, 0.3) is 0 Å². The second kappa shape index (κ2) is 8.53. The summed E-state index contributed by atoms with van der Waals surface area (Å²) in [6.07, 6.45) is 1.21. The minimum absolute atomic E-state index is 0.0218. The summed E-state index contributed by atoms with van der Waals surface area (Å²) in [7, 11) is 0. The van der Waals surface area contributed by atoms with Gasteiger partial charge in [-0.15, -0.1) is 0 Å². The summed E-state index contributed by atoms with van der Waals surface area (Å²) >= 11 is 0. The lowest BCUT2D eigenvalue weighted by Crippen LogP contribution is -2.54. The number of rotatable bonds is 6. The van der Waals surface area contributed by atoms with E-state index in [1.54, 1.807) is 48.5 Å². The van der Waals surface area contributed by atoms with Crippen molar-refractivity contribution in [2.45, 2.75) is 19.0 Å². The van der Waals surface area contributed by atoms with Gasteiger partial charge in [0.15, 0.2) is 11.8 Å². The number of aliphatic carboxylic acids is 1. The van der Waals surface area contributed by atoms with Crippen molar-refractivity contribution in [3.05, 3.63) is 65.2 Å². The molecule has 3 rings (SSSR count). The molecule has 1 amide bonds. The second-order valence-electron chi connectivity index (χ2n) is 6.61. The number of ketones is 1. The Morgan fingerprint density at radius 2 is 1.86 bits per heavy atom. The number of amides is 1. The Kier molecular flexibility index (Phi) is 5.89. The van der Waals surface area contributed by atoms with Gasteiger partial charge >= 0.3 is 5.97 Å². The zero-order valence-electron chi connectivity index (χ0n) is 15.6. The van der Waals surface area contributed by atoms with Crippen LogP contribution in [0.1, 0.15) is 27.9 Å². The highest BCUT2D eigenvalue weighted by molar-refractivity contribution is 6.16. The van der Waals surface area contributed by atoms with Crippen LogP contribution in [0.5, 0.6) is 0 Å². The molecule has 0 bridgehead atoms.